The first kappa shape index (κ1) is 14.5. The Morgan fingerprint density at radius 3 is 2.45 bits per heavy atom. The number of aromatic nitrogens is 1. The molecule has 1 aromatic carbocycles. The van der Waals surface area contributed by atoms with E-state index >= 15 is 0 Å². The Morgan fingerprint density at radius 1 is 1.10 bits per heavy atom. The number of hydrogen-bond acceptors (Lipinski definition) is 3. The van der Waals surface area contributed by atoms with Crippen molar-refractivity contribution in [2.45, 2.75) is 27.3 Å². The standard InChI is InChI=1S/C17H23N3/c1-12-6-8-16(13(2)10-12)20(5)17-9-7-15(11-18-4)14(3)19-17/h6-10,18H,11H2,1-5H3. The van der Waals surface area contributed by atoms with E-state index in [1.54, 1.807) is 0 Å². The van der Waals surface area contributed by atoms with Gasteiger partial charge in [0.1, 0.15) is 5.82 Å². The second kappa shape index (κ2) is 6.06. The molecule has 0 saturated carbocycles. The quantitative estimate of drug-likeness (QED) is 0.921. The lowest BCUT2D eigenvalue weighted by atomic mass is 10.1. The van der Waals surface area contributed by atoms with Crippen molar-refractivity contribution in [2.75, 3.05) is 19.0 Å². The molecule has 0 amide bonds. The largest absolute Gasteiger partial charge is 0.329 e. The molecule has 0 atom stereocenters. The maximum atomic E-state index is 4.72. The number of benzene rings is 1. The number of anilines is 2. The summed E-state index contributed by atoms with van der Waals surface area (Å²) in [7, 11) is 4.02. The molecule has 1 heterocycles. The van der Waals surface area contributed by atoms with Gasteiger partial charge in [-0.2, -0.15) is 0 Å². The summed E-state index contributed by atoms with van der Waals surface area (Å²) < 4.78 is 0. The number of nitrogens with zero attached hydrogens (tertiary/aromatic N) is 2. The van der Waals surface area contributed by atoms with Crippen LogP contribution >= 0.6 is 0 Å². The van der Waals surface area contributed by atoms with Crippen molar-refractivity contribution in [3.63, 3.8) is 0 Å². The molecule has 0 aliphatic rings. The molecule has 1 aromatic heterocycles. The minimum atomic E-state index is 0.854. The van der Waals surface area contributed by atoms with Crippen LogP contribution in [0.2, 0.25) is 0 Å². The summed E-state index contributed by atoms with van der Waals surface area (Å²) in [5.41, 5.74) is 6.07. The Hall–Kier alpha value is -1.87. The van der Waals surface area contributed by atoms with Gasteiger partial charge in [-0.25, -0.2) is 4.98 Å². The molecule has 20 heavy (non-hydrogen) atoms. The molecule has 0 aliphatic heterocycles. The predicted octanol–water partition coefficient (Wildman–Crippen LogP) is 3.49. The summed E-state index contributed by atoms with van der Waals surface area (Å²) in [6, 6.07) is 10.7. The van der Waals surface area contributed by atoms with E-state index in [2.05, 4.69) is 68.4 Å². The minimum Gasteiger partial charge on any atom is -0.329 e. The van der Waals surface area contributed by atoms with Gasteiger partial charge < -0.3 is 10.2 Å². The lowest BCUT2D eigenvalue weighted by Crippen LogP contribution is -2.14. The molecule has 106 valence electrons. The van der Waals surface area contributed by atoms with Crippen LogP contribution in [0.15, 0.2) is 30.3 Å². The zero-order valence-electron chi connectivity index (χ0n) is 13.0. The molecule has 0 saturated heterocycles. The summed E-state index contributed by atoms with van der Waals surface area (Å²) in [6.45, 7) is 7.17. The molecule has 2 rings (SSSR count). The number of nitrogens with one attached hydrogen (secondary N) is 1. The average molecular weight is 269 g/mol. The van der Waals surface area contributed by atoms with Crippen molar-refractivity contribution >= 4 is 11.5 Å². The van der Waals surface area contributed by atoms with Crippen LogP contribution in [0.5, 0.6) is 0 Å². The Bertz CT molecular complexity index is 605. The predicted molar refractivity (Wildman–Crippen MR) is 85.7 cm³/mol. The number of aryl methyl sites for hydroxylation is 3. The fourth-order valence-corrected chi connectivity index (χ4v) is 2.45. The van der Waals surface area contributed by atoms with Gasteiger partial charge in [0.15, 0.2) is 0 Å². The van der Waals surface area contributed by atoms with E-state index in [4.69, 9.17) is 4.98 Å². The third kappa shape index (κ3) is 2.99. The highest BCUT2D eigenvalue weighted by molar-refractivity contribution is 5.63. The molecule has 0 fully saturated rings. The Balaban J connectivity index is 2.33. The van der Waals surface area contributed by atoms with E-state index in [1.807, 2.05) is 7.05 Å². The normalized spacial score (nSPS) is 10.7. The average Bonchev–Trinajstić information content (AvgIpc) is 2.40. The van der Waals surface area contributed by atoms with E-state index < -0.39 is 0 Å². The highest BCUT2D eigenvalue weighted by Crippen LogP contribution is 2.26. The Morgan fingerprint density at radius 2 is 1.85 bits per heavy atom. The number of rotatable bonds is 4. The first-order valence-corrected chi connectivity index (χ1v) is 6.95. The van der Waals surface area contributed by atoms with Crippen LogP contribution in [-0.4, -0.2) is 19.1 Å². The zero-order chi connectivity index (χ0) is 14.7. The summed E-state index contributed by atoms with van der Waals surface area (Å²) in [6.07, 6.45) is 0. The topological polar surface area (TPSA) is 28.2 Å². The van der Waals surface area contributed by atoms with Gasteiger partial charge in [-0.15, -0.1) is 0 Å². The van der Waals surface area contributed by atoms with Gasteiger partial charge in [0.25, 0.3) is 0 Å². The third-order valence-corrected chi connectivity index (χ3v) is 3.61. The van der Waals surface area contributed by atoms with Gasteiger partial charge in [0.05, 0.1) is 0 Å². The van der Waals surface area contributed by atoms with Crippen LogP contribution in [0.4, 0.5) is 11.5 Å². The Labute approximate surface area is 121 Å². The fourth-order valence-electron chi connectivity index (χ4n) is 2.45. The molecule has 1 N–H and O–H groups in total. The number of pyridine rings is 1. The van der Waals surface area contributed by atoms with E-state index in [0.29, 0.717) is 0 Å². The highest BCUT2D eigenvalue weighted by atomic mass is 15.2. The van der Waals surface area contributed by atoms with Crippen molar-refractivity contribution < 1.29 is 0 Å². The molecule has 0 radical (unpaired) electrons. The molecule has 3 heteroatoms. The van der Waals surface area contributed by atoms with Crippen molar-refractivity contribution in [1.29, 1.82) is 0 Å². The van der Waals surface area contributed by atoms with Crippen LogP contribution in [0.1, 0.15) is 22.4 Å². The van der Waals surface area contributed by atoms with Crippen molar-refractivity contribution in [2.24, 2.45) is 0 Å². The van der Waals surface area contributed by atoms with Crippen LogP contribution < -0.4 is 10.2 Å². The van der Waals surface area contributed by atoms with Gasteiger partial charge in [-0.05, 0) is 51.1 Å². The summed E-state index contributed by atoms with van der Waals surface area (Å²) in [4.78, 5) is 6.86. The van der Waals surface area contributed by atoms with Crippen LogP contribution in [0.25, 0.3) is 0 Å². The molecule has 2 aromatic rings. The maximum Gasteiger partial charge on any atom is 0.132 e. The first-order chi connectivity index (χ1) is 9.52. The molecule has 0 aliphatic carbocycles. The van der Waals surface area contributed by atoms with Gasteiger partial charge >= 0.3 is 0 Å². The van der Waals surface area contributed by atoms with Crippen molar-refractivity contribution in [3.8, 4) is 0 Å². The zero-order valence-corrected chi connectivity index (χ0v) is 13.0. The highest BCUT2D eigenvalue weighted by Gasteiger charge is 2.09. The van der Waals surface area contributed by atoms with Gasteiger partial charge in [-0.1, -0.05) is 23.8 Å². The van der Waals surface area contributed by atoms with Crippen LogP contribution in [0, 0.1) is 20.8 Å². The fraction of sp³-hybridized carbons (Fsp3) is 0.353. The third-order valence-electron chi connectivity index (χ3n) is 3.61. The molecule has 0 spiro atoms. The number of hydrogen-bond donors (Lipinski definition) is 1. The molecule has 0 unspecified atom stereocenters. The summed E-state index contributed by atoms with van der Waals surface area (Å²) in [5.74, 6) is 0.981. The summed E-state index contributed by atoms with van der Waals surface area (Å²) in [5, 5.41) is 3.17. The molecular formula is C17H23N3. The molecular weight excluding hydrogens is 246 g/mol. The van der Waals surface area contributed by atoms with Gasteiger partial charge in [0.2, 0.25) is 0 Å². The smallest absolute Gasteiger partial charge is 0.132 e. The van der Waals surface area contributed by atoms with Crippen LogP contribution in [0.3, 0.4) is 0 Å². The second-order valence-corrected chi connectivity index (χ2v) is 5.29. The summed E-state index contributed by atoms with van der Waals surface area (Å²) >= 11 is 0. The van der Waals surface area contributed by atoms with E-state index in [1.165, 1.54) is 22.4 Å². The SMILES string of the molecule is CNCc1ccc(N(C)c2ccc(C)cc2C)nc1C. The van der Waals surface area contributed by atoms with Gasteiger partial charge in [0, 0.05) is 25.0 Å². The van der Waals surface area contributed by atoms with Crippen molar-refractivity contribution in [1.82, 2.24) is 10.3 Å². The van der Waals surface area contributed by atoms with E-state index in [-0.39, 0.29) is 0 Å². The van der Waals surface area contributed by atoms with Crippen LogP contribution in [-0.2, 0) is 6.54 Å². The first-order valence-electron chi connectivity index (χ1n) is 6.95. The Kier molecular flexibility index (Phi) is 4.40. The minimum absolute atomic E-state index is 0.854. The van der Waals surface area contributed by atoms with Gasteiger partial charge in [-0.3, -0.25) is 0 Å². The maximum absolute atomic E-state index is 4.72. The molecule has 3 nitrogen and oxygen atoms in total. The van der Waals surface area contributed by atoms with E-state index in [9.17, 15) is 0 Å². The molecule has 0 bridgehead atoms. The lowest BCUT2D eigenvalue weighted by Gasteiger charge is -2.22. The second-order valence-electron chi connectivity index (χ2n) is 5.29. The van der Waals surface area contributed by atoms with E-state index in [0.717, 1.165) is 18.1 Å². The monoisotopic (exact) mass is 269 g/mol. The van der Waals surface area contributed by atoms with Crippen molar-refractivity contribution in [3.05, 3.63) is 52.7 Å². The lowest BCUT2D eigenvalue weighted by molar-refractivity contribution is 0.804.